The fourth-order valence-corrected chi connectivity index (χ4v) is 6.03. The van der Waals surface area contributed by atoms with E-state index >= 15 is 0 Å². The van der Waals surface area contributed by atoms with E-state index < -0.39 is 41.4 Å². The summed E-state index contributed by atoms with van der Waals surface area (Å²) in [6.45, 7) is 11.1. The Morgan fingerprint density at radius 2 is 1.48 bits per heavy atom. The van der Waals surface area contributed by atoms with Gasteiger partial charge in [0.15, 0.2) is 11.6 Å². The van der Waals surface area contributed by atoms with Crippen molar-refractivity contribution in [3.63, 3.8) is 0 Å². The summed E-state index contributed by atoms with van der Waals surface area (Å²) in [5.74, 6) is -4.24. The molecule has 2 aromatic carbocycles. The highest BCUT2D eigenvalue weighted by atomic mass is 16.2. The zero-order chi connectivity index (χ0) is 35.4. The zero-order valence-electron chi connectivity index (χ0n) is 29.1. The van der Waals surface area contributed by atoms with Crippen molar-refractivity contribution in [3.05, 3.63) is 48.0 Å². The van der Waals surface area contributed by atoms with Crippen LogP contribution in [0.4, 0.5) is 0 Å². The maximum atomic E-state index is 13.6. The number of carbonyl (C=O) groups is 6. The summed E-state index contributed by atoms with van der Waals surface area (Å²) in [5.41, 5.74) is 6.40. The average Bonchev–Trinajstić information content (AvgIpc) is 3.05. The van der Waals surface area contributed by atoms with E-state index in [0.29, 0.717) is 12.8 Å². The molecule has 4 unspecified atom stereocenters. The molecule has 0 bridgehead atoms. The topological polar surface area (TPSA) is 159 Å². The highest BCUT2D eigenvalue weighted by Gasteiger charge is 2.34. The van der Waals surface area contributed by atoms with Gasteiger partial charge < -0.3 is 21.3 Å². The predicted molar refractivity (Wildman–Crippen MR) is 186 cm³/mol. The normalized spacial score (nSPS) is 16.5. The van der Waals surface area contributed by atoms with E-state index in [2.05, 4.69) is 20.4 Å². The highest BCUT2D eigenvalue weighted by molar-refractivity contribution is 6.38. The number of carbonyl (C=O) groups excluding carboxylic acids is 6. The van der Waals surface area contributed by atoms with Crippen LogP contribution in [0.2, 0.25) is 0 Å². The van der Waals surface area contributed by atoms with Crippen LogP contribution in [0.3, 0.4) is 0 Å². The van der Waals surface area contributed by atoms with E-state index in [1.165, 1.54) is 0 Å². The molecular weight excluding hydrogens is 610 g/mol. The Bertz CT molecular complexity index is 1450. The van der Waals surface area contributed by atoms with Gasteiger partial charge in [-0.2, -0.15) is 0 Å². The summed E-state index contributed by atoms with van der Waals surface area (Å²) in [4.78, 5) is 82.2. The van der Waals surface area contributed by atoms with Crippen molar-refractivity contribution in [2.24, 2.45) is 23.5 Å². The molecule has 0 aromatic heterocycles. The van der Waals surface area contributed by atoms with E-state index in [4.69, 9.17) is 5.73 Å². The van der Waals surface area contributed by atoms with Crippen molar-refractivity contribution in [2.75, 3.05) is 39.8 Å². The molecule has 2 aromatic rings. The largest absolute Gasteiger partial charge is 0.368 e. The molecule has 0 saturated carbocycles. The average molecular weight is 664 g/mol. The van der Waals surface area contributed by atoms with E-state index in [1.54, 1.807) is 0 Å². The second-order valence-electron chi connectivity index (χ2n) is 13.7. The number of amides is 3. The number of hydrogen-bond acceptors (Lipinski definition) is 8. The lowest BCUT2D eigenvalue weighted by Crippen LogP contribution is -2.51. The van der Waals surface area contributed by atoms with Gasteiger partial charge >= 0.3 is 0 Å². The van der Waals surface area contributed by atoms with Crippen molar-refractivity contribution in [1.82, 2.24) is 20.4 Å². The SMILES string of the molecule is CCC(C)C(CC(=O)C(CC(C)C)NC(=O)CN1CCN(C)CC1)C(=O)C(=O)CCC(=O)NC(Cc1ccc2ccccc2c1)C(N)=O. The Balaban J connectivity index is 1.58. The molecule has 1 heterocycles. The quantitative estimate of drug-likeness (QED) is 0.194. The molecule has 1 saturated heterocycles. The summed E-state index contributed by atoms with van der Waals surface area (Å²) in [6.07, 6.45) is 0.337. The predicted octanol–water partition coefficient (Wildman–Crippen LogP) is 2.67. The lowest BCUT2D eigenvalue weighted by Gasteiger charge is -2.32. The first-order valence-electron chi connectivity index (χ1n) is 17.1. The lowest BCUT2D eigenvalue weighted by atomic mass is 9.80. The van der Waals surface area contributed by atoms with E-state index in [9.17, 15) is 28.8 Å². The minimum absolute atomic E-state index is 0.117. The molecule has 0 aliphatic carbocycles. The van der Waals surface area contributed by atoms with Crippen LogP contribution in [0.5, 0.6) is 0 Å². The first-order chi connectivity index (χ1) is 22.8. The minimum atomic E-state index is -0.987. The molecule has 4 N–H and O–H groups in total. The summed E-state index contributed by atoms with van der Waals surface area (Å²) < 4.78 is 0. The van der Waals surface area contributed by atoms with Gasteiger partial charge in [0.1, 0.15) is 6.04 Å². The molecule has 11 nitrogen and oxygen atoms in total. The van der Waals surface area contributed by atoms with Crippen LogP contribution in [-0.2, 0) is 35.2 Å². The van der Waals surface area contributed by atoms with Crippen molar-refractivity contribution in [1.29, 1.82) is 0 Å². The third-order valence-corrected chi connectivity index (χ3v) is 9.27. The first kappa shape index (κ1) is 38.5. The Morgan fingerprint density at radius 1 is 0.833 bits per heavy atom. The number of rotatable bonds is 19. The summed E-state index contributed by atoms with van der Waals surface area (Å²) in [7, 11) is 2.04. The number of nitrogens with zero attached hydrogens (tertiary/aromatic N) is 2. The summed E-state index contributed by atoms with van der Waals surface area (Å²) >= 11 is 0. The second kappa shape index (κ2) is 18.5. The number of nitrogens with two attached hydrogens (primary N) is 1. The maximum Gasteiger partial charge on any atom is 0.240 e. The van der Waals surface area contributed by atoms with Crippen LogP contribution in [-0.4, -0.2) is 96.7 Å². The molecule has 11 heteroatoms. The Labute approximate surface area is 284 Å². The fraction of sp³-hybridized carbons (Fsp3) is 0.568. The maximum absolute atomic E-state index is 13.6. The van der Waals surface area contributed by atoms with Gasteiger partial charge in [-0.3, -0.25) is 33.7 Å². The van der Waals surface area contributed by atoms with Crippen LogP contribution >= 0.6 is 0 Å². The van der Waals surface area contributed by atoms with Crippen LogP contribution in [0.15, 0.2) is 42.5 Å². The number of piperazine rings is 1. The van der Waals surface area contributed by atoms with Gasteiger partial charge in [0.05, 0.1) is 12.6 Å². The van der Waals surface area contributed by atoms with Gasteiger partial charge in [-0.05, 0) is 41.6 Å². The molecule has 3 amide bonds. The van der Waals surface area contributed by atoms with Crippen LogP contribution in [0, 0.1) is 17.8 Å². The molecule has 1 aliphatic rings. The third kappa shape index (κ3) is 11.9. The second-order valence-corrected chi connectivity index (χ2v) is 13.7. The zero-order valence-corrected chi connectivity index (χ0v) is 29.1. The molecule has 3 rings (SSSR count). The number of ketones is 3. The fourth-order valence-electron chi connectivity index (χ4n) is 6.03. The van der Waals surface area contributed by atoms with Crippen LogP contribution in [0.1, 0.15) is 65.4 Å². The van der Waals surface area contributed by atoms with E-state index in [-0.39, 0.29) is 55.8 Å². The summed E-state index contributed by atoms with van der Waals surface area (Å²) in [6, 6.07) is 11.8. The van der Waals surface area contributed by atoms with Gasteiger partial charge in [0.2, 0.25) is 23.5 Å². The number of primary amides is 1. The Kier molecular flexibility index (Phi) is 14.9. The third-order valence-electron chi connectivity index (χ3n) is 9.27. The number of nitrogens with one attached hydrogen (secondary N) is 2. The van der Waals surface area contributed by atoms with Gasteiger partial charge in [-0.15, -0.1) is 0 Å². The summed E-state index contributed by atoms with van der Waals surface area (Å²) in [5, 5.41) is 7.54. The van der Waals surface area contributed by atoms with Gasteiger partial charge in [-0.1, -0.05) is 76.6 Å². The molecular formula is C37H53N5O6. The number of benzene rings is 2. The number of Topliss-reactive ketones (excluding diaryl/α,β-unsaturated/α-hetero) is 3. The molecule has 4 atom stereocenters. The molecule has 262 valence electrons. The van der Waals surface area contributed by atoms with Crippen molar-refractivity contribution >= 4 is 45.8 Å². The van der Waals surface area contributed by atoms with Crippen molar-refractivity contribution in [3.8, 4) is 0 Å². The smallest absolute Gasteiger partial charge is 0.240 e. The molecule has 48 heavy (non-hydrogen) atoms. The number of likely N-dealkylation sites (N-methyl/N-ethyl adjacent to an activating group) is 1. The van der Waals surface area contributed by atoms with E-state index in [1.807, 2.05) is 77.2 Å². The van der Waals surface area contributed by atoms with Crippen molar-refractivity contribution < 1.29 is 28.8 Å². The van der Waals surface area contributed by atoms with Gasteiger partial charge in [-0.25, -0.2) is 0 Å². The monoisotopic (exact) mass is 663 g/mol. The lowest BCUT2D eigenvalue weighted by molar-refractivity contribution is -0.142. The Morgan fingerprint density at radius 3 is 2.10 bits per heavy atom. The minimum Gasteiger partial charge on any atom is -0.368 e. The van der Waals surface area contributed by atoms with Gasteiger partial charge in [0, 0.05) is 57.8 Å². The number of fused-ring (bicyclic) bond motifs is 1. The van der Waals surface area contributed by atoms with Crippen LogP contribution in [0.25, 0.3) is 10.8 Å². The van der Waals surface area contributed by atoms with Crippen molar-refractivity contribution in [2.45, 2.75) is 78.3 Å². The molecule has 1 fully saturated rings. The molecule has 1 aliphatic heterocycles. The molecule has 0 radical (unpaired) electrons. The Hall–Kier alpha value is -3.96. The van der Waals surface area contributed by atoms with Crippen LogP contribution < -0.4 is 16.4 Å². The van der Waals surface area contributed by atoms with Gasteiger partial charge in [0.25, 0.3) is 0 Å². The highest BCUT2D eigenvalue weighted by Crippen LogP contribution is 2.24. The molecule has 0 spiro atoms. The number of hydrogen-bond donors (Lipinski definition) is 3. The first-order valence-corrected chi connectivity index (χ1v) is 17.1. The standard InChI is InChI=1S/C37H53N5O6/c1-6-25(4)29(22-33(44)30(19-24(2)3)39-35(46)23-42-17-15-41(5)16-18-42)36(47)32(43)13-14-34(45)40-31(37(38)48)21-26-11-12-27-9-7-8-10-28(27)20-26/h7-12,20,24-25,29-31H,6,13-19,21-23H2,1-5H3,(H2,38,48)(H,39,46)(H,40,45). The van der Waals surface area contributed by atoms with E-state index in [0.717, 1.165) is 42.5 Å².